The van der Waals surface area contributed by atoms with Crippen LogP contribution in [0.5, 0.6) is 0 Å². The van der Waals surface area contributed by atoms with Crippen molar-refractivity contribution in [2.24, 2.45) is 5.10 Å². The topological polar surface area (TPSA) is 83.8 Å². The van der Waals surface area contributed by atoms with Gasteiger partial charge in [0.1, 0.15) is 6.54 Å². The molecule has 190 valence electrons. The monoisotopic (exact) mass is 642 g/mol. The zero-order valence-corrected chi connectivity index (χ0v) is 24.1. The molecule has 0 saturated carbocycles. The van der Waals surface area contributed by atoms with E-state index in [0.717, 1.165) is 31.4 Å². The molecule has 1 amide bonds. The lowest BCUT2D eigenvalue weighted by Crippen LogP contribution is -2.39. The van der Waals surface area contributed by atoms with Gasteiger partial charge in [-0.1, -0.05) is 56.1 Å². The first-order valence-electron chi connectivity index (χ1n) is 11.3. The highest BCUT2D eigenvalue weighted by Crippen LogP contribution is 2.26. The molecule has 7 nitrogen and oxygen atoms in total. The Balaban J connectivity index is 1.54. The van der Waals surface area contributed by atoms with Crippen LogP contribution in [0.4, 0.5) is 5.69 Å². The quantitative estimate of drug-likeness (QED) is 0.190. The molecule has 10 heteroatoms. The third kappa shape index (κ3) is 6.20. The number of aryl methyl sites for hydroxylation is 1. The fourth-order valence-electron chi connectivity index (χ4n) is 3.91. The number of halogens is 2. The molecule has 37 heavy (non-hydrogen) atoms. The highest BCUT2D eigenvalue weighted by atomic mass is 79.9. The smallest absolute Gasteiger partial charge is 0.264 e. The number of aromatic nitrogens is 1. The molecule has 0 spiro atoms. The summed E-state index contributed by atoms with van der Waals surface area (Å²) in [4.78, 5) is 12.9. The van der Waals surface area contributed by atoms with Crippen molar-refractivity contribution < 1.29 is 13.2 Å². The van der Waals surface area contributed by atoms with Crippen LogP contribution in [0.1, 0.15) is 17.0 Å². The predicted molar refractivity (Wildman–Crippen MR) is 154 cm³/mol. The summed E-state index contributed by atoms with van der Waals surface area (Å²) in [6.45, 7) is 3.53. The molecule has 1 heterocycles. The van der Waals surface area contributed by atoms with Gasteiger partial charge in [0.05, 0.1) is 16.8 Å². The maximum absolute atomic E-state index is 13.4. The standard InChI is InChI=1S/C27H24Br2N4O3S/c1-19-15-21(20(2)33(19)24-13-11-22(28)12-14-24)17-30-31-27(34)18-32(25-8-6-7-23(29)16-25)37(35,36)26-9-4-3-5-10-26/h3-17H,18H2,1-2H3,(H,31,34)/b30-17-. The third-order valence-corrected chi connectivity index (χ3v) is 8.47. The molecule has 0 aliphatic heterocycles. The average Bonchev–Trinajstić information content (AvgIpc) is 3.16. The van der Waals surface area contributed by atoms with Crippen molar-refractivity contribution in [2.45, 2.75) is 18.7 Å². The Bertz CT molecular complexity index is 1550. The molecular formula is C27H24Br2N4O3S. The summed E-state index contributed by atoms with van der Waals surface area (Å²) in [5.41, 5.74) is 6.65. The highest BCUT2D eigenvalue weighted by Gasteiger charge is 2.27. The van der Waals surface area contributed by atoms with Crippen molar-refractivity contribution in [1.29, 1.82) is 0 Å². The van der Waals surface area contributed by atoms with E-state index in [4.69, 9.17) is 0 Å². The molecule has 0 aliphatic carbocycles. The Morgan fingerprint density at radius 3 is 2.32 bits per heavy atom. The Morgan fingerprint density at radius 2 is 1.65 bits per heavy atom. The van der Waals surface area contributed by atoms with Crippen molar-refractivity contribution in [1.82, 2.24) is 9.99 Å². The first-order valence-corrected chi connectivity index (χ1v) is 14.3. The van der Waals surface area contributed by atoms with Crippen LogP contribution in [0.15, 0.2) is 104 Å². The maximum Gasteiger partial charge on any atom is 0.264 e. The summed E-state index contributed by atoms with van der Waals surface area (Å²) in [6.07, 6.45) is 1.56. The molecular weight excluding hydrogens is 620 g/mol. The van der Waals surface area contributed by atoms with Crippen LogP contribution in [0, 0.1) is 13.8 Å². The summed E-state index contributed by atoms with van der Waals surface area (Å²) in [5, 5.41) is 4.11. The summed E-state index contributed by atoms with van der Waals surface area (Å²) < 4.78 is 31.7. The van der Waals surface area contributed by atoms with Crippen LogP contribution >= 0.6 is 31.9 Å². The number of nitrogens with zero attached hydrogens (tertiary/aromatic N) is 3. The minimum Gasteiger partial charge on any atom is -0.318 e. The Labute approximate surface area is 233 Å². The second-order valence-corrected chi connectivity index (χ2v) is 11.9. The molecule has 0 atom stereocenters. The summed E-state index contributed by atoms with van der Waals surface area (Å²) in [7, 11) is -3.99. The number of carbonyl (C=O) groups excluding carboxylic acids is 1. The highest BCUT2D eigenvalue weighted by molar-refractivity contribution is 9.10. The Kier molecular flexibility index (Phi) is 8.31. The van der Waals surface area contributed by atoms with E-state index in [2.05, 4.69) is 47.0 Å². The van der Waals surface area contributed by atoms with Crippen LogP contribution in [-0.2, 0) is 14.8 Å². The van der Waals surface area contributed by atoms with E-state index in [-0.39, 0.29) is 4.90 Å². The molecule has 3 aromatic carbocycles. The summed E-state index contributed by atoms with van der Waals surface area (Å²) in [6, 6.07) is 24.7. The van der Waals surface area contributed by atoms with E-state index in [0.29, 0.717) is 10.2 Å². The van der Waals surface area contributed by atoms with Crippen molar-refractivity contribution in [3.8, 4) is 5.69 Å². The Morgan fingerprint density at radius 1 is 0.946 bits per heavy atom. The van der Waals surface area contributed by atoms with E-state index in [1.165, 1.54) is 12.1 Å². The van der Waals surface area contributed by atoms with Gasteiger partial charge in [0.15, 0.2) is 0 Å². The zero-order valence-electron chi connectivity index (χ0n) is 20.1. The number of hydrazone groups is 1. The number of anilines is 1. The van der Waals surface area contributed by atoms with Crippen molar-refractivity contribution in [3.05, 3.63) is 111 Å². The second-order valence-electron chi connectivity index (χ2n) is 8.24. The first-order chi connectivity index (χ1) is 17.7. The Hall–Kier alpha value is -3.21. The van der Waals surface area contributed by atoms with Gasteiger partial charge in [0.2, 0.25) is 0 Å². The van der Waals surface area contributed by atoms with E-state index in [1.54, 1.807) is 48.7 Å². The molecule has 1 aromatic heterocycles. The SMILES string of the molecule is Cc1cc(/C=N\NC(=O)CN(c2cccc(Br)c2)S(=O)(=O)c2ccccc2)c(C)n1-c1ccc(Br)cc1. The van der Waals surface area contributed by atoms with E-state index in [9.17, 15) is 13.2 Å². The van der Waals surface area contributed by atoms with Gasteiger partial charge in [-0.15, -0.1) is 0 Å². The molecule has 0 unspecified atom stereocenters. The molecule has 0 bridgehead atoms. The van der Waals surface area contributed by atoms with Gasteiger partial charge in [-0.3, -0.25) is 9.10 Å². The lowest BCUT2D eigenvalue weighted by molar-refractivity contribution is -0.119. The molecule has 4 rings (SSSR count). The third-order valence-electron chi connectivity index (χ3n) is 5.66. The normalized spacial score (nSPS) is 11.6. The van der Waals surface area contributed by atoms with Crippen molar-refractivity contribution >= 4 is 59.7 Å². The maximum atomic E-state index is 13.4. The van der Waals surface area contributed by atoms with Gasteiger partial charge in [0.25, 0.3) is 15.9 Å². The van der Waals surface area contributed by atoms with Crippen molar-refractivity contribution in [2.75, 3.05) is 10.8 Å². The summed E-state index contributed by atoms with van der Waals surface area (Å²) >= 11 is 6.83. The number of benzene rings is 3. The fraction of sp³-hybridized carbons (Fsp3) is 0.111. The van der Waals surface area contributed by atoms with Crippen LogP contribution in [-0.4, -0.2) is 31.7 Å². The van der Waals surface area contributed by atoms with E-state index < -0.39 is 22.5 Å². The van der Waals surface area contributed by atoms with Gasteiger partial charge in [-0.2, -0.15) is 5.10 Å². The van der Waals surface area contributed by atoms with E-state index in [1.807, 2.05) is 44.2 Å². The number of rotatable bonds is 8. The molecule has 0 saturated heterocycles. The van der Waals surface area contributed by atoms with Gasteiger partial charge >= 0.3 is 0 Å². The molecule has 0 fully saturated rings. The lowest BCUT2D eigenvalue weighted by atomic mass is 10.2. The summed E-state index contributed by atoms with van der Waals surface area (Å²) in [5.74, 6) is -0.572. The number of amides is 1. The minimum absolute atomic E-state index is 0.0895. The molecule has 0 aliphatic rings. The predicted octanol–water partition coefficient (Wildman–Crippen LogP) is 5.96. The minimum atomic E-state index is -3.99. The average molecular weight is 644 g/mol. The lowest BCUT2D eigenvalue weighted by Gasteiger charge is -2.23. The fourth-order valence-corrected chi connectivity index (χ4v) is 6.00. The van der Waals surface area contributed by atoms with Gasteiger partial charge < -0.3 is 4.57 Å². The van der Waals surface area contributed by atoms with Gasteiger partial charge in [-0.25, -0.2) is 13.8 Å². The van der Waals surface area contributed by atoms with Gasteiger partial charge in [0, 0.05) is 31.6 Å². The van der Waals surface area contributed by atoms with Crippen LogP contribution in [0.2, 0.25) is 0 Å². The number of hydrogen-bond donors (Lipinski definition) is 1. The number of nitrogens with one attached hydrogen (secondary N) is 1. The zero-order chi connectivity index (χ0) is 26.6. The van der Waals surface area contributed by atoms with Crippen LogP contribution in [0.3, 0.4) is 0 Å². The largest absolute Gasteiger partial charge is 0.318 e. The number of carbonyl (C=O) groups is 1. The first kappa shape index (κ1) is 26.8. The van der Waals surface area contributed by atoms with Crippen molar-refractivity contribution in [3.63, 3.8) is 0 Å². The molecule has 4 aromatic rings. The van der Waals surface area contributed by atoms with Crippen LogP contribution in [0.25, 0.3) is 5.69 Å². The number of hydrogen-bond acceptors (Lipinski definition) is 4. The van der Waals surface area contributed by atoms with Crippen LogP contribution < -0.4 is 9.73 Å². The molecule has 0 radical (unpaired) electrons. The molecule has 1 N–H and O–H groups in total. The second kappa shape index (κ2) is 11.5. The van der Waals surface area contributed by atoms with Gasteiger partial charge in [-0.05, 0) is 74.5 Å². The number of sulfonamides is 1. The van der Waals surface area contributed by atoms with E-state index >= 15 is 0 Å².